The Kier molecular flexibility index (Phi) is 4.61. The third-order valence-electron chi connectivity index (χ3n) is 3.23. The van der Waals surface area contributed by atoms with E-state index < -0.39 is 11.7 Å². The van der Waals surface area contributed by atoms with Gasteiger partial charge in [-0.3, -0.25) is 0 Å². The van der Waals surface area contributed by atoms with Crippen molar-refractivity contribution in [3.05, 3.63) is 63.6 Å². The van der Waals surface area contributed by atoms with Gasteiger partial charge in [0, 0.05) is 16.2 Å². The van der Waals surface area contributed by atoms with Crippen LogP contribution in [0.4, 0.5) is 18.9 Å². The summed E-state index contributed by atoms with van der Waals surface area (Å²) in [6.07, 6.45) is -4.37. The SMILES string of the molecule is Cc1ccc(C(C)Nc2ccc(Br)c(C(F)(F)F)c2)cc1. The third-order valence-corrected chi connectivity index (χ3v) is 3.92. The highest BCUT2D eigenvalue weighted by Crippen LogP contribution is 2.36. The number of hydrogen-bond donors (Lipinski definition) is 1. The second-order valence-corrected chi connectivity index (χ2v) is 5.82. The highest BCUT2D eigenvalue weighted by Gasteiger charge is 2.33. The second kappa shape index (κ2) is 6.10. The number of aryl methyl sites for hydroxylation is 1. The van der Waals surface area contributed by atoms with Crippen molar-refractivity contribution in [1.29, 1.82) is 0 Å². The van der Waals surface area contributed by atoms with Crippen LogP contribution in [0.5, 0.6) is 0 Å². The van der Waals surface area contributed by atoms with Gasteiger partial charge in [0.05, 0.1) is 5.56 Å². The fraction of sp³-hybridized carbons (Fsp3) is 0.250. The van der Waals surface area contributed by atoms with Crippen LogP contribution in [0.25, 0.3) is 0 Å². The summed E-state index contributed by atoms with van der Waals surface area (Å²) in [6.45, 7) is 3.91. The van der Waals surface area contributed by atoms with Crippen LogP contribution >= 0.6 is 15.9 Å². The van der Waals surface area contributed by atoms with Gasteiger partial charge in [-0.2, -0.15) is 13.2 Å². The molecule has 0 fully saturated rings. The zero-order valence-corrected chi connectivity index (χ0v) is 13.2. The first-order valence-corrected chi connectivity index (χ1v) is 7.26. The Hall–Kier alpha value is -1.49. The molecule has 0 saturated heterocycles. The van der Waals surface area contributed by atoms with E-state index in [9.17, 15) is 13.2 Å². The van der Waals surface area contributed by atoms with E-state index in [4.69, 9.17) is 0 Å². The first-order chi connectivity index (χ1) is 9.77. The summed E-state index contributed by atoms with van der Waals surface area (Å²) in [4.78, 5) is 0. The molecule has 0 aliphatic carbocycles. The van der Waals surface area contributed by atoms with Crippen molar-refractivity contribution in [3.63, 3.8) is 0 Å². The summed E-state index contributed by atoms with van der Waals surface area (Å²) in [5.41, 5.74) is 1.94. The van der Waals surface area contributed by atoms with Crippen LogP contribution in [0, 0.1) is 6.92 Å². The lowest BCUT2D eigenvalue weighted by atomic mass is 10.1. The van der Waals surface area contributed by atoms with Crippen LogP contribution < -0.4 is 5.32 Å². The molecule has 0 aromatic heterocycles. The first kappa shape index (κ1) is 15.9. The molecule has 0 bridgehead atoms. The van der Waals surface area contributed by atoms with Crippen molar-refractivity contribution in [3.8, 4) is 0 Å². The molecule has 5 heteroatoms. The minimum atomic E-state index is -4.37. The summed E-state index contributed by atoms with van der Waals surface area (Å²) in [5, 5.41) is 3.10. The van der Waals surface area contributed by atoms with Gasteiger partial charge < -0.3 is 5.32 Å². The van der Waals surface area contributed by atoms with E-state index in [1.807, 2.05) is 38.1 Å². The molecule has 1 atom stereocenters. The Morgan fingerprint density at radius 1 is 1.05 bits per heavy atom. The van der Waals surface area contributed by atoms with Crippen LogP contribution in [0.15, 0.2) is 46.9 Å². The summed E-state index contributed by atoms with van der Waals surface area (Å²) >= 11 is 2.94. The minimum absolute atomic E-state index is 0.0449. The number of nitrogens with one attached hydrogen (secondary N) is 1. The Morgan fingerprint density at radius 2 is 1.67 bits per heavy atom. The van der Waals surface area contributed by atoms with Gasteiger partial charge in [0.1, 0.15) is 0 Å². The third kappa shape index (κ3) is 4.00. The quantitative estimate of drug-likeness (QED) is 0.715. The molecule has 2 rings (SSSR count). The molecule has 1 nitrogen and oxygen atoms in total. The van der Waals surface area contributed by atoms with E-state index in [0.717, 1.165) is 17.2 Å². The van der Waals surface area contributed by atoms with E-state index in [1.165, 1.54) is 6.07 Å². The lowest BCUT2D eigenvalue weighted by Crippen LogP contribution is -2.10. The average molecular weight is 358 g/mol. The van der Waals surface area contributed by atoms with Gasteiger partial charge in [-0.15, -0.1) is 0 Å². The van der Waals surface area contributed by atoms with Crippen molar-refractivity contribution in [1.82, 2.24) is 0 Å². The van der Waals surface area contributed by atoms with Gasteiger partial charge in [-0.1, -0.05) is 45.8 Å². The van der Waals surface area contributed by atoms with Crippen molar-refractivity contribution >= 4 is 21.6 Å². The van der Waals surface area contributed by atoms with Crippen LogP contribution in [0.1, 0.15) is 29.7 Å². The van der Waals surface area contributed by atoms with E-state index in [0.29, 0.717) is 5.69 Å². The summed E-state index contributed by atoms with van der Waals surface area (Å²) in [6, 6.07) is 12.0. The lowest BCUT2D eigenvalue weighted by molar-refractivity contribution is -0.138. The van der Waals surface area contributed by atoms with E-state index >= 15 is 0 Å². The van der Waals surface area contributed by atoms with E-state index in [-0.39, 0.29) is 10.5 Å². The van der Waals surface area contributed by atoms with Crippen molar-refractivity contribution in [2.75, 3.05) is 5.32 Å². The molecule has 0 radical (unpaired) electrons. The molecule has 2 aromatic carbocycles. The molecule has 0 heterocycles. The van der Waals surface area contributed by atoms with Crippen LogP contribution in [0.2, 0.25) is 0 Å². The first-order valence-electron chi connectivity index (χ1n) is 6.47. The highest BCUT2D eigenvalue weighted by molar-refractivity contribution is 9.10. The monoisotopic (exact) mass is 357 g/mol. The Balaban J connectivity index is 2.21. The predicted octanol–water partition coefficient (Wildman–Crippen LogP) is 5.95. The van der Waals surface area contributed by atoms with Gasteiger partial charge in [-0.05, 0) is 37.6 Å². The zero-order chi connectivity index (χ0) is 15.6. The smallest absolute Gasteiger partial charge is 0.379 e. The van der Waals surface area contributed by atoms with E-state index in [1.54, 1.807) is 6.07 Å². The maximum Gasteiger partial charge on any atom is 0.417 e. The molecular weight excluding hydrogens is 343 g/mol. The van der Waals surface area contributed by atoms with Crippen LogP contribution in [-0.4, -0.2) is 0 Å². The van der Waals surface area contributed by atoms with Crippen LogP contribution in [0.3, 0.4) is 0 Å². The van der Waals surface area contributed by atoms with Gasteiger partial charge in [0.2, 0.25) is 0 Å². The number of benzene rings is 2. The maximum atomic E-state index is 12.9. The fourth-order valence-corrected chi connectivity index (χ4v) is 2.49. The van der Waals surface area contributed by atoms with Gasteiger partial charge >= 0.3 is 6.18 Å². The molecular formula is C16H15BrF3N. The zero-order valence-electron chi connectivity index (χ0n) is 11.6. The summed E-state index contributed by atoms with van der Waals surface area (Å²) in [7, 11) is 0. The Bertz CT molecular complexity index is 620. The molecule has 0 spiro atoms. The molecule has 0 amide bonds. The van der Waals surface area contributed by atoms with Crippen molar-refractivity contribution < 1.29 is 13.2 Å². The normalized spacial score (nSPS) is 13.0. The largest absolute Gasteiger partial charge is 0.417 e. The maximum absolute atomic E-state index is 12.9. The van der Waals surface area contributed by atoms with Gasteiger partial charge in [0.15, 0.2) is 0 Å². The van der Waals surface area contributed by atoms with Gasteiger partial charge in [-0.25, -0.2) is 0 Å². The molecule has 1 unspecified atom stereocenters. The van der Waals surface area contributed by atoms with Crippen molar-refractivity contribution in [2.45, 2.75) is 26.1 Å². The minimum Gasteiger partial charge on any atom is -0.379 e. The van der Waals surface area contributed by atoms with Crippen molar-refractivity contribution in [2.24, 2.45) is 0 Å². The van der Waals surface area contributed by atoms with E-state index in [2.05, 4.69) is 21.2 Å². The topological polar surface area (TPSA) is 12.0 Å². The number of anilines is 1. The molecule has 112 valence electrons. The summed E-state index contributed by atoms with van der Waals surface area (Å²) < 4.78 is 38.7. The number of alkyl halides is 3. The fourth-order valence-electron chi connectivity index (χ4n) is 2.02. The number of halogens is 4. The van der Waals surface area contributed by atoms with Crippen LogP contribution in [-0.2, 0) is 6.18 Å². The molecule has 0 aliphatic heterocycles. The van der Waals surface area contributed by atoms with Gasteiger partial charge in [0.25, 0.3) is 0 Å². The molecule has 0 saturated carbocycles. The average Bonchev–Trinajstić information content (AvgIpc) is 2.40. The standard InChI is InChI=1S/C16H15BrF3N/c1-10-3-5-12(6-4-10)11(2)21-13-7-8-15(17)14(9-13)16(18,19)20/h3-9,11,21H,1-2H3. The second-order valence-electron chi connectivity index (χ2n) is 4.97. The Labute approximate surface area is 130 Å². The Morgan fingerprint density at radius 3 is 2.24 bits per heavy atom. The molecule has 0 aliphatic rings. The molecule has 21 heavy (non-hydrogen) atoms. The number of hydrogen-bond acceptors (Lipinski definition) is 1. The number of rotatable bonds is 3. The summed E-state index contributed by atoms with van der Waals surface area (Å²) in [5.74, 6) is 0. The predicted molar refractivity (Wildman–Crippen MR) is 82.4 cm³/mol. The lowest BCUT2D eigenvalue weighted by Gasteiger charge is -2.18. The molecule has 2 aromatic rings. The molecule has 1 N–H and O–H groups in total. The highest BCUT2D eigenvalue weighted by atomic mass is 79.9.